The zero-order valence-corrected chi connectivity index (χ0v) is 14.6. The Labute approximate surface area is 148 Å². The maximum absolute atomic E-state index is 12.0. The predicted octanol–water partition coefficient (Wildman–Crippen LogP) is 2.62. The monoisotopic (exact) mass is 342 g/mol. The summed E-state index contributed by atoms with van der Waals surface area (Å²) in [5.41, 5.74) is 1.15. The molecule has 0 spiro atoms. The molecule has 0 saturated carbocycles. The van der Waals surface area contributed by atoms with Crippen LogP contribution in [0.1, 0.15) is 49.3 Å². The Kier molecular flexibility index (Phi) is 6.56. The molecule has 6 heteroatoms. The molecule has 2 aromatic rings. The van der Waals surface area contributed by atoms with E-state index in [-0.39, 0.29) is 5.91 Å². The number of aryl methyl sites for hydroxylation is 1. The minimum absolute atomic E-state index is 0.0364. The van der Waals surface area contributed by atoms with Gasteiger partial charge in [-0.25, -0.2) is 0 Å². The van der Waals surface area contributed by atoms with Gasteiger partial charge < -0.3 is 14.6 Å². The molecular weight excluding hydrogens is 316 g/mol. The van der Waals surface area contributed by atoms with Crippen molar-refractivity contribution in [1.82, 2.24) is 20.1 Å². The molecule has 134 valence electrons. The van der Waals surface area contributed by atoms with Crippen molar-refractivity contribution >= 4 is 5.91 Å². The molecule has 0 unspecified atom stereocenters. The second kappa shape index (κ2) is 9.32. The summed E-state index contributed by atoms with van der Waals surface area (Å²) in [6.07, 6.45) is 5.74. The summed E-state index contributed by atoms with van der Waals surface area (Å²) in [5.74, 6) is 1.95. The van der Waals surface area contributed by atoms with Crippen LogP contribution in [0.5, 0.6) is 0 Å². The molecule has 1 aliphatic rings. The van der Waals surface area contributed by atoms with Gasteiger partial charge in [-0.15, -0.1) is 10.2 Å². The van der Waals surface area contributed by atoms with Crippen molar-refractivity contribution in [3.05, 3.63) is 47.5 Å². The van der Waals surface area contributed by atoms with E-state index in [1.54, 1.807) is 0 Å². The molecule has 0 saturated heterocycles. The van der Waals surface area contributed by atoms with E-state index in [4.69, 9.17) is 4.74 Å². The smallest absolute Gasteiger partial charge is 0.220 e. The highest BCUT2D eigenvalue weighted by molar-refractivity contribution is 5.75. The molecule has 0 atom stereocenters. The molecule has 6 nitrogen and oxygen atoms in total. The van der Waals surface area contributed by atoms with Crippen LogP contribution in [0.4, 0.5) is 0 Å². The van der Waals surface area contributed by atoms with Crippen LogP contribution in [0.3, 0.4) is 0 Å². The molecule has 0 bridgehead atoms. The number of aromatic nitrogens is 3. The molecule has 0 aliphatic carbocycles. The maximum atomic E-state index is 12.0. The Balaban J connectivity index is 1.33. The van der Waals surface area contributed by atoms with E-state index in [0.717, 1.165) is 43.0 Å². The van der Waals surface area contributed by atoms with Crippen LogP contribution < -0.4 is 5.32 Å². The molecule has 25 heavy (non-hydrogen) atoms. The third kappa shape index (κ3) is 5.39. The van der Waals surface area contributed by atoms with Gasteiger partial charge in [-0.2, -0.15) is 0 Å². The lowest BCUT2D eigenvalue weighted by Crippen LogP contribution is -2.25. The molecule has 1 aliphatic heterocycles. The first-order chi connectivity index (χ1) is 12.3. The van der Waals surface area contributed by atoms with Gasteiger partial charge in [0, 0.05) is 26.0 Å². The number of ether oxygens (including phenoxy) is 1. The van der Waals surface area contributed by atoms with Crippen molar-refractivity contribution in [2.45, 2.75) is 58.2 Å². The number of amides is 1. The standard InChI is InChI=1S/C19H26N4O2/c24-19(11-7-13-25-15-16-8-3-1-4-9-16)20-14-18-22-21-17-10-5-2-6-12-23(17)18/h1,3-4,8-9H,2,5-7,10-15H2,(H,20,24). The number of fused-ring (bicyclic) bond motifs is 1. The molecule has 3 rings (SSSR count). The van der Waals surface area contributed by atoms with E-state index < -0.39 is 0 Å². The zero-order valence-electron chi connectivity index (χ0n) is 14.6. The van der Waals surface area contributed by atoms with Gasteiger partial charge >= 0.3 is 0 Å². The summed E-state index contributed by atoms with van der Waals surface area (Å²) < 4.78 is 7.77. The van der Waals surface area contributed by atoms with Crippen molar-refractivity contribution in [3.8, 4) is 0 Å². The first-order valence-electron chi connectivity index (χ1n) is 9.12. The summed E-state index contributed by atoms with van der Waals surface area (Å²) in [4.78, 5) is 12.0. The van der Waals surface area contributed by atoms with Gasteiger partial charge in [0.25, 0.3) is 0 Å². The Hall–Kier alpha value is -2.21. The van der Waals surface area contributed by atoms with Gasteiger partial charge in [0.05, 0.1) is 13.2 Å². The number of rotatable bonds is 8. The second-order valence-electron chi connectivity index (χ2n) is 6.41. The van der Waals surface area contributed by atoms with Gasteiger partial charge in [-0.3, -0.25) is 4.79 Å². The van der Waals surface area contributed by atoms with Crippen molar-refractivity contribution in [2.75, 3.05) is 6.61 Å². The molecule has 1 aromatic heterocycles. The van der Waals surface area contributed by atoms with E-state index in [1.807, 2.05) is 30.3 Å². The van der Waals surface area contributed by atoms with Crippen LogP contribution in [0.2, 0.25) is 0 Å². The Morgan fingerprint density at radius 3 is 2.92 bits per heavy atom. The average molecular weight is 342 g/mol. The first kappa shape index (κ1) is 17.6. The van der Waals surface area contributed by atoms with Crippen molar-refractivity contribution < 1.29 is 9.53 Å². The normalized spacial score (nSPS) is 13.9. The largest absolute Gasteiger partial charge is 0.377 e. The topological polar surface area (TPSA) is 69.0 Å². The number of benzene rings is 1. The number of hydrogen-bond donors (Lipinski definition) is 1. The van der Waals surface area contributed by atoms with Crippen molar-refractivity contribution in [3.63, 3.8) is 0 Å². The van der Waals surface area contributed by atoms with E-state index in [2.05, 4.69) is 20.1 Å². The molecule has 1 aromatic carbocycles. The van der Waals surface area contributed by atoms with Gasteiger partial charge in [0.2, 0.25) is 5.91 Å². The summed E-state index contributed by atoms with van der Waals surface area (Å²) in [5, 5.41) is 11.4. The molecular formula is C19H26N4O2. The third-order valence-corrected chi connectivity index (χ3v) is 4.43. The number of carbonyl (C=O) groups is 1. The molecule has 1 N–H and O–H groups in total. The first-order valence-corrected chi connectivity index (χ1v) is 9.12. The van der Waals surface area contributed by atoms with Crippen molar-refractivity contribution in [1.29, 1.82) is 0 Å². The third-order valence-electron chi connectivity index (χ3n) is 4.43. The highest BCUT2D eigenvalue weighted by atomic mass is 16.5. The van der Waals surface area contributed by atoms with Crippen LogP contribution in [0.15, 0.2) is 30.3 Å². The number of nitrogens with one attached hydrogen (secondary N) is 1. The van der Waals surface area contributed by atoms with Crippen LogP contribution >= 0.6 is 0 Å². The number of hydrogen-bond acceptors (Lipinski definition) is 4. The fourth-order valence-corrected chi connectivity index (χ4v) is 3.04. The summed E-state index contributed by atoms with van der Waals surface area (Å²) in [6, 6.07) is 10.1. The van der Waals surface area contributed by atoms with Crippen LogP contribution in [-0.4, -0.2) is 27.3 Å². The molecule has 1 amide bonds. The second-order valence-corrected chi connectivity index (χ2v) is 6.41. The van der Waals surface area contributed by atoms with Gasteiger partial charge in [-0.05, 0) is 24.8 Å². The number of nitrogens with zero attached hydrogens (tertiary/aromatic N) is 3. The van der Waals surface area contributed by atoms with Crippen LogP contribution in [-0.2, 0) is 35.6 Å². The van der Waals surface area contributed by atoms with Gasteiger partial charge in [0.1, 0.15) is 5.82 Å². The lowest BCUT2D eigenvalue weighted by molar-refractivity contribution is -0.121. The Bertz CT molecular complexity index is 669. The fraction of sp³-hybridized carbons (Fsp3) is 0.526. The summed E-state index contributed by atoms with van der Waals surface area (Å²) in [7, 11) is 0. The van der Waals surface area contributed by atoms with E-state index in [9.17, 15) is 4.79 Å². The maximum Gasteiger partial charge on any atom is 0.220 e. The Morgan fingerprint density at radius 2 is 2.04 bits per heavy atom. The summed E-state index contributed by atoms with van der Waals surface area (Å²) >= 11 is 0. The minimum atomic E-state index is 0.0364. The Morgan fingerprint density at radius 1 is 1.16 bits per heavy atom. The molecule has 0 radical (unpaired) electrons. The minimum Gasteiger partial charge on any atom is -0.377 e. The lowest BCUT2D eigenvalue weighted by Gasteiger charge is -2.08. The SMILES string of the molecule is O=C(CCCOCc1ccccc1)NCc1nnc2n1CCCCC2. The van der Waals surface area contributed by atoms with E-state index in [0.29, 0.717) is 26.2 Å². The lowest BCUT2D eigenvalue weighted by atomic mass is 10.2. The molecule has 2 heterocycles. The highest BCUT2D eigenvalue weighted by Gasteiger charge is 2.14. The highest BCUT2D eigenvalue weighted by Crippen LogP contribution is 2.14. The average Bonchev–Trinajstić information content (AvgIpc) is 2.86. The van der Waals surface area contributed by atoms with E-state index >= 15 is 0 Å². The van der Waals surface area contributed by atoms with Crippen LogP contribution in [0.25, 0.3) is 0 Å². The number of carbonyl (C=O) groups excluding carboxylic acids is 1. The quantitative estimate of drug-likeness (QED) is 0.749. The van der Waals surface area contributed by atoms with Crippen LogP contribution in [0, 0.1) is 0 Å². The van der Waals surface area contributed by atoms with E-state index in [1.165, 1.54) is 12.8 Å². The fourth-order valence-electron chi connectivity index (χ4n) is 3.04. The predicted molar refractivity (Wildman–Crippen MR) is 94.8 cm³/mol. The zero-order chi connectivity index (χ0) is 17.3. The summed E-state index contributed by atoms with van der Waals surface area (Å²) in [6.45, 7) is 2.59. The van der Waals surface area contributed by atoms with Crippen molar-refractivity contribution in [2.24, 2.45) is 0 Å². The molecule has 0 fully saturated rings. The van der Waals surface area contributed by atoms with Gasteiger partial charge in [0.15, 0.2) is 5.82 Å². The van der Waals surface area contributed by atoms with Gasteiger partial charge in [-0.1, -0.05) is 36.8 Å².